The summed E-state index contributed by atoms with van der Waals surface area (Å²) in [6.45, 7) is 0. The van der Waals surface area contributed by atoms with Gasteiger partial charge in [0.1, 0.15) is 0 Å². The molecule has 25 heavy (non-hydrogen) atoms. The number of hydrogen-bond acceptors (Lipinski definition) is 2. The summed E-state index contributed by atoms with van der Waals surface area (Å²) in [6, 6.07) is 27.6. The van der Waals surface area contributed by atoms with Gasteiger partial charge in [0.2, 0.25) is 0 Å². The molecule has 3 nitrogen and oxygen atoms in total. The summed E-state index contributed by atoms with van der Waals surface area (Å²) in [5, 5.41) is 13.4. The third-order valence-corrected chi connectivity index (χ3v) is 4.43. The van der Waals surface area contributed by atoms with Gasteiger partial charge < -0.3 is 9.84 Å². The molecule has 122 valence electrons. The van der Waals surface area contributed by atoms with E-state index in [9.17, 15) is 9.90 Å². The van der Waals surface area contributed by atoms with Crippen LogP contribution >= 0.6 is 0 Å². The Balaban J connectivity index is 1.98. The predicted octanol–water partition coefficient (Wildman–Crippen LogP) is 5.78. The highest BCUT2D eigenvalue weighted by atomic mass is 16.7. The van der Waals surface area contributed by atoms with Gasteiger partial charge in [-0.3, -0.25) is 0 Å². The molecule has 0 heterocycles. The zero-order chi connectivity index (χ0) is 17.2. The molecule has 4 aromatic carbocycles. The minimum atomic E-state index is -1.29. The molecule has 1 N–H and O–H groups in total. The summed E-state index contributed by atoms with van der Waals surface area (Å²) in [7, 11) is 0. The average Bonchev–Trinajstić information content (AvgIpc) is 2.65. The van der Waals surface area contributed by atoms with Gasteiger partial charge in [0.15, 0.2) is 6.10 Å². The standard InChI is InChI=1S/C22H16O3/c23-22(24)25-21(19-13-5-9-15-7-1-3-11-17(15)19)20-14-6-10-16-8-2-4-12-18(16)20/h1-14,21H,(H,23,24). The second kappa shape index (κ2) is 6.29. The van der Waals surface area contributed by atoms with E-state index >= 15 is 0 Å². The number of ether oxygens (including phenoxy) is 1. The predicted molar refractivity (Wildman–Crippen MR) is 98.8 cm³/mol. The molecule has 3 heteroatoms. The van der Waals surface area contributed by atoms with Crippen LogP contribution in [0.4, 0.5) is 4.79 Å². The molecule has 0 aromatic heterocycles. The second-order valence-corrected chi connectivity index (χ2v) is 5.90. The second-order valence-electron chi connectivity index (χ2n) is 5.90. The van der Waals surface area contributed by atoms with Crippen LogP contribution in [0.2, 0.25) is 0 Å². The number of rotatable bonds is 3. The van der Waals surface area contributed by atoms with Crippen molar-refractivity contribution in [1.29, 1.82) is 0 Å². The SMILES string of the molecule is O=C(O)OC(c1cccc2ccccc12)c1cccc2ccccc12. The van der Waals surface area contributed by atoms with E-state index in [0.717, 1.165) is 32.7 Å². The molecule has 0 aliphatic heterocycles. The summed E-state index contributed by atoms with van der Waals surface area (Å²) in [6.07, 6.45) is -1.97. The van der Waals surface area contributed by atoms with Crippen LogP contribution in [-0.2, 0) is 4.74 Å². The van der Waals surface area contributed by atoms with Crippen molar-refractivity contribution in [3.63, 3.8) is 0 Å². The molecule has 0 radical (unpaired) electrons. The molecular formula is C22H16O3. The lowest BCUT2D eigenvalue weighted by Crippen LogP contribution is -2.11. The minimum Gasteiger partial charge on any atom is -0.450 e. The van der Waals surface area contributed by atoms with Crippen LogP contribution in [-0.4, -0.2) is 11.3 Å². The van der Waals surface area contributed by atoms with Gasteiger partial charge in [-0.15, -0.1) is 0 Å². The highest BCUT2D eigenvalue weighted by Gasteiger charge is 2.22. The highest BCUT2D eigenvalue weighted by Crippen LogP contribution is 2.35. The van der Waals surface area contributed by atoms with Gasteiger partial charge in [0, 0.05) is 11.1 Å². The minimum absolute atomic E-state index is 0.685. The molecule has 0 fully saturated rings. The molecule has 0 saturated carbocycles. The Kier molecular flexibility index (Phi) is 3.82. The lowest BCUT2D eigenvalue weighted by molar-refractivity contribution is 0.0673. The van der Waals surface area contributed by atoms with Crippen LogP contribution in [0.25, 0.3) is 21.5 Å². The fraction of sp³-hybridized carbons (Fsp3) is 0.0455. The molecule has 4 rings (SSSR count). The largest absolute Gasteiger partial charge is 0.506 e. The first-order valence-electron chi connectivity index (χ1n) is 8.09. The number of fused-ring (bicyclic) bond motifs is 2. The van der Waals surface area contributed by atoms with E-state index in [2.05, 4.69) is 0 Å². The van der Waals surface area contributed by atoms with E-state index in [1.165, 1.54) is 0 Å². The maximum atomic E-state index is 11.4. The summed E-state index contributed by atoms with van der Waals surface area (Å²) in [5.41, 5.74) is 1.69. The topological polar surface area (TPSA) is 46.5 Å². The number of carbonyl (C=O) groups is 1. The third kappa shape index (κ3) is 2.81. The van der Waals surface area contributed by atoms with Crippen LogP contribution in [0.15, 0.2) is 84.9 Å². The fourth-order valence-corrected chi connectivity index (χ4v) is 3.35. The highest BCUT2D eigenvalue weighted by molar-refractivity contribution is 5.90. The first-order valence-corrected chi connectivity index (χ1v) is 8.09. The Labute approximate surface area is 145 Å². The van der Waals surface area contributed by atoms with Crippen molar-refractivity contribution in [2.75, 3.05) is 0 Å². The number of benzene rings is 4. The number of hydrogen-bond donors (Lipinski definition) is 1. The van der Waals surface area contributed by atoms with Crippen LogP contribution < -0.4 is 0 Å². The van der Waals surface area contributed by atoms with Crippen molar-refractivity contribution in [2.24, 2.45) is 0 Å². The normalized spacial score (nSPS) is 11.1. The van der Waals surface area contributed by atoms with Gasteiger partial charge in [0.25, 0.3) is 0 Å². The van der Waals surface area contributed by atoms with Gasteiger partial charge >= 0.3 is 6.16 Å². The Morgan fingerprint density at radius 3 is 1.60 bits per heavy atom. The Morgan fingerprint density at radius 1 is 0.680 bits per heavy atom. The van der Waals surface area contributed by atoms with Gasteiger partial charge in [-0.25, -0.2) is 4.79 Å². The first-order chi connectivity index (χ1) is 12.2. The van der Waals surface area contributed by atoms with Crippen molar-refractivity contribution in [1.82, 2.24) is 0 Å². The van der Waals surface area contributed by atoms with Crippen molar-refractivity contribution in [2.45, 2.75) is 6.10 Å². The van der Waals surface area contributed by atoms with E-state index in [4.69, 9.17) is 4.74 Å². The quantitative estimate of drug-likeness (QED) is 0.485. The molecule has 0 bridgehead atoms. The van der Waals surface area contributed by atoms with Crippen LogP contribution in [0.1, 0.15) is 17.2 Å². The van der Waals surface area contributed by atoms with Crippen LogP contribution in [0.5, 0.6) is 0 Å². The van der Waals surface area contributed by atoms with E-state index in [0.29, 0.717) is 0 Å². The van der Waals surface area contributed by atoms with Gasteiger partial charge in [-0.2, -0.15) is 0 Å². The smallest absolute Gasteiger partial charge is 0.450 e. The summed E-state index contributed by atoms with van der Waals surface area (Å²) in [5.74, 6) is 0. The average molecular weight is 328 g/mol. The first kappa shape index (κ1) is 15.2. The summed E-state index contributed by atoms with van der Waals surface area (Å²) in [4.78, 5) is 11.4. The van der Waals surface area contributed by atoms with Gasteiger partial charge in [0.05, 0.1) is 0 Å². The monoisotopic (exact) mass is 328 g/mol. The summed E-state index contributed by atoms with van der Waals surface area (Å²) >= 11 is 0. The third-order valence-electron chi connectivity index (χ3n) is 4.43. The molecule has 0 amide bonds. The molecule has 0 spiro atoms. The molecule has 4 aromatic rings. The maximum absolute atomic E-state index is 11.4. The summed E-state index contributed by atoms with van der Waals surface area (Å²) < 4.78 is 5.36. The molecule has 0 unspecified atom stereocenters. The fourth-order valence-electron chi connectivity index (χ4n) is 3.35. The Hall–Kier alpha value is -3.33. The van der Waals surface area contributed by atoms with Crippen LogP contribution in [0.3, 0.4) is 0 Å². The van der Waals surface area contributed by atoms with Crippen molar-refractivity contribution in [3.05, 3.63) is 96.1 Å². The molecular weight excluding hydrogens is 312 g/mol. The van der Waals surface area contributed by atoms with Crippen LogP contribution in [0, 0.1) is 0 Å². The van der Waals surface area contributed by atoms with Crippen molar-refractivity contribution < 1.29 is 14.6 Å². The van der Waals surface area contributed by atoms with Crippen molar-refractivity contribution in [3.8, 4) is 0 Å². The van der Waals surface area contributed by atoms with Crippen molar-refractivity contribution >= 4 is 27.7 Å². The van der Waals surface area contributed by atoms with Gasteiger partial charge in [-0.05, 0) is 21.5 Å². The zero-order valence-electron chi connectivity index (χ0n) is 13.4. The Bertz CT molecular complexity index is 979. The molecule has 0 aliphatic rings. The molecule has 0 saturated heterocycles. The Morgan fingerprint density at radius 2 is 1.12 bits per heavy atom. The lowest BCUT2D eigenvalue weighted by Gasteiger charge is -2.20. The molecule has 0 atom stereocenters. The maximum Gasteiger partial charge on any atom is 0.506 e. The van der Waals surface area contributed by atoms with E-state index in [1.807, 2.05) is 84.9 Å². The van der Waals surface area contributed by atoms with E-state index < -0.39 is 12.3 Å². The number of carboxylic acid groups (broad SMARTS) is 1. The van der Waals surface area contributed by atoms with E-state index in [1.54, 1.807) is 0 Å². The molecule has 0 aliphatic carbocycles. The zero-order valence-corrected chi connectivity index (χ0v) is 13.4. The van der Waals surface area contributed by atoms with Gasteiger partial charge in [-0.1, -0.05) is 84.9 Å². The van der Waals surface area contributed by atoms with E-state index in [-0.39, 0.29) is 0 Å². The lowest BCUT2D eigenvalue weighted by atomic mass is 9.92.